The Labute approximate surface area is 159 Å². The van der Waals surface area contributed by atoms with Crippen LogP contribution in [0.4, 0.5) is 9.59 Å². The van der Waals surface area contributed by atoms with Crippen LogP contribution in [-0.4, -0.2) is 82.0 Å². The Balaban J connectivity index is 1.77. The molecule has 0 radical (unpaired) electrons. The average Bonchev–Trinajstić information content (AvgIpc) is 2.80. The van der Waals surface area contributed by atoms with E-state index in [2.05, 4.69) is 5.48 Å². The number of hydrogen-bond acceptors (Lipinski definition) is 6. The predicted molar refractivity (Wildman–Crippen MR) is 94.7 cm³/mol. The first kappa shape index (κ1) is 21.2. The number of hydrogen-bond donors (Lipinski definition) is 2. The van der Waals surface area contributed by atoms with Crippen LogP contribution in [-0.2, 0) is 14.4 Å². The van der Waals surface area contributed by atoms with E-state index in [0.717, 1.165) is 6.42 Å². The van der Waals surface area contributed by atoms with E-state index in [0.29, 0.717) is 31.0 Å². The molecule has 2 bridgehead atoms. The summed E-state index contributed by atoms with van der Waals surface area (Å²) < 4.78 is 5.35. The second-order valence-electron chi connectivity index (χ2n) is 7.81. The number of hydroxylamine groups is 3. The van der Waals surface area contributed by atoms with Crippen molar-refractivity contribution in [3.63, 3.8) is 0 Å². The fourth-order valence-electron chi connectivity index (χ4n) is 3.16. The number of carbonyl (C=O) groups is 3. The minimum atomic E-state index is -0.663. The molecule has 2 saturated heterocycles. The Bertz CT molecular complexity index is 564. The van der Waals surface area contributed by atoms with Gasteiger partial charge in [-0.05, 0) is 40.0 Å². The molecule has 2 aliphatic heterocycles. The number of rotatable bonds is 7. The largest absolute Gasteiger partial charge is 0.444 e. The standard InChI is InChI=1S/C17H30N4O6/c1-5-8-19(16(24)27-17(2,3)4)9-10-26-18-14(22)13-7-6-12-11-20(13)15(23)21(12)25/h12-13,25H,5-11H2,1-4H3,(H,18,22)/t12-,13+/m1/s1. The van der Waals surface area contributed by atoms with Gasteiger partial charge in [-0.1, -0.05) is 6.92 Å². The molecule has 10 heteroatoms. The number of ether oxygens (including phenoxy) is 1. The molecule has 0 saturated carbocycles. The molecule has 4 amide bonds. The quantitative estimate of drug-likeness (QED) is 0.388. The first-order valence-corrected chi connectivity index (χ1v) is 9.32. The number of amides is 4. The first-order valence-electron chi connectivity index (χ1n) is 9.32. The Morgan fingerprint density at radius 1 is 1.30 bits per heavy atom. The van der Waals surface area contributed by atoms with Crippen molar-refractivity contribution in [3.8, 4) is 0 Å². The maximum Gasteiger partial charge on any atom is 0.410 e. The van der Waals surface area contributed by atoms with Gasteiger partial charge in [0.2, 0.25) is 0 Å². The molecule has 0 aromatic rings. The summed E-state index contributed by atoms with van der Waals surface area (Å²) in [6.07, 6.45) is 1.36. The van der Waals surface area contributed by atoms with Crippen molar-refractivity contribution in [3.05, 3.63) is 0 Å². The van der Waals surface area contributed by atoms with Gasteiger partial charge in [0, 0.05) is 19.6 Å². The number of urea groups is 1. The van der Waals surface area contributed by atoms with Crippen molar-refractivity contribution in [2.45, 2.75) is 64.6 Å². The van der Waals surface area contributed by atoms with Crippen molar-refractivity contribution in [2.24, 2.45) is 0 Å². The molecule has 2 heterocycles. The number of nitrogens with zero attached hydrogens (tertiary/aromatic N) is 3. The van der Waals surface area contributed by atoms with Gasteiger partial charge in [0.05, 0.1) is 12.6 Å². The molecule has 2 fully saturated rings. The molecule has 2 aliphatic rings. The highest BCUT2D eigenvalue weighted by atomic mass is 16.7. The third kappa shape index (κ3) is 5.46. The van der Waals surface area contributed by atoms with Crippen LogP contribution >= 0.6 is 0 Å². The first-order chi connectivity index (χ1) is 12.6. The Kier molecular flexibility index (Phi) is 6.88. The lowest BCUT2D eigenvalue weighted by atomic mass is 10.0. The van der Waals surface area contributed by atoms with E-state index in [1.165, 1.54) is 9.80 Å². The maximum absolute atomic E-state index is 12.3. The summed E-state index contributed by atoms with van der Waals surface area (Å²) in [4.78, 5) is 44.4. The maximum atomic E-state index is 12.3. The molecule has 0 aromatic heterocycles. The fraction of sp³-hybridized carbons (Fsp3) is 0.824. The van der Waals surface area contributed by atoms with Gasteiger partial charge in [0.15, 0.2) is 0 Å². The van der Waals surface area contributed by atoms with E-state index in [9.17, 15) is 19.6 Å². The number of nitrogens with one attached hydrogen (secondary N) is 1. The molecule has 27 heavy (non-hydrogen) atoms. The third-order valence-electron chi connectivity index (χ3n) is 4.43. The highest BCUT2D eigenvalue weighted by Crippen LogP contribution is 2.28. The van der Waals surface area contributed by atoms with Gasteiger partial charge < -0.3 is 14.5 Å². The van der Waals surface area contributed by atoms with Crippen LogP contribution in [0.15, 0.2) is 0 Å². The third-order valence-corrected chi connectivity index (χ3v) is 4.43. The molecule has 0 aliphatic carbocycles. The summed E-state index contributed by atoms with van der Waals surface area (Å²) in [6, 6.07) is -1.47. The summed E-state index contributed by atoms with van der Waals surface area (Å²) in [6.45, 7) is 8.56. The van der Waals surface area contributed by atoms with E-state index in [-0.39, 0.29) is 19.2 Å². The van der Waals surface area contributed by atoms with Crippen LogP contribution < -0.4 is 5.48 Å². The molecular formula is C17H30N4O6. The van der Waals surface area contributed by atoms with Gasteiger partial charge in [-0.3, -0.25) is 14.8 Å². The summed E-state index contributed by atoms with van der Waals surface area (Å²) in [5, 5.41) is 10.3. The Hall–Kier alpha value is -2.07. The molecule has 10 nitrogen and oxygen atoms in total. The second-order valence-corrected chi connectivity index (χ2v) is 7.81. The van der Waals surface area contributed by atoms with Crippen LogP contribution in [0, 0.1) is 0 Å². The van der Waals surface area contributed by atoms with Crippen molar-refractivity contribution >= 4 is 18.0 Å². The predicted octanol–water partition coefficient (Wildman–Crippen LogP) is 1.34. The van der Waals surface area contributed by atoms with Crippen molar-refractivity contribution in [2.75, 3.05) is 26.2 Å². The van der Waals surface area contributed by atoms with Crippen LogP contribution in [0.25, 0.3) is 0 Å². The fourth-order valence-corrected chi connectivity index (χ4v) is 3.16. The molecule has 2 rings (SSSR count). The van der Waals surface area contributed by atoms with Gasteiger partial charge in [-0.25, -0.2) is 20.1 Å². The molecule has 0 aromatic carbocycles. The lowest BCUT2D eigenvalue weighted by Crippen LogP contribution is -2.50. The van der Waals surface area contributed by atoms with Gasteiger partial charge in [-0.2, -0.15) is 0 Å². The molecule has 154 valence electrons. The lowest BCUT2D eigenvalue weighted by Gasteiger charge is -2.29. The normalized spacial score (nSPS) is 22.0. The van der Waals surface area contributed by atoms with Gasteiger partial charge in [0.1, 0.15) is 11.6 Å². The van der Waals surface area contributed by atoms with Crippen LogP contribution in [0.5, 0.6) is 0 Å². The van der Waals surface area contributed by atoms with E-state index in [4.69, 9.17) is 9.57 Å². The van der Waals surface area contributed by atoms with Crippen molar-refractivity contribution in [1.29, 1.82) is 0 Å². The van der Waals surface area contributed by atoms with Crippen molar-refractivity contribution in [1.82, 2.24) is 20.3 Å². The highest BCUT2D eigenvalue weighted by molar-refractivity contribution is 5.87. The zero-order valence-electron chi connectivity index (χ0n) is 16.4. The molecular weight excluding hydrogens is 356 g/mol. The number of fused-ring (bicyclic) bond motifs is 2. The molecule has 0 spiro atoms. The molecule has 2 N–H and O–H groups in total. The second kappa shape index (κ2) is 8.75. The van der Waals surface area contributed by atoms with E-state index >= 15 is 0 Å². The van der Waals surface area contributed by atoms with Crippen LogP contribution in [0.2, 0.25) is 0 Å². The number of carbonyl (C=O) groups excluding carboxylic acids is 3. The SMILES string of the molecule is CCCN(CCONC(=O)[C@@H]1CC[C@@H]2CN1C(=O)N2O)C(=O)OC(C)(C)C. The monoisotopic (exact) mass is 386 g/mol. The minimum absolute atomic E-state index is 0.0976. The van der Waals surface area contributed by atoms with Gasteiger partial charge >= 0.3 is 12.1 Å². The topological polar surface area (TPSA) is 112 Å². The van der Waals surface area contributed by atoms with Crippen LogP contribution in [0.1, 0.15) is 47.0 Å². The van der Waals surface area contributed by atoms with Gasteiger partial charge in [-0.15, -0.1) is 0 Å². The minimum Gasteiger partial charge on any atom is -0.444 e. The zero-order chi connectivity index (χ0) is 20.2. The highest BCUT2D eigenvalue weighted by Gasteiger charge is 2.46. The summed E-state index contributed by atoms with van der Waals surface area (Å²) in [5.41, 5.74) is 1.76. The van der Waals surface area contributed by atoms with Gasteiger partial charge in [0.25, 0.3) is 5.91 Å². The zero-order valence-corrected chi connectivity index (χ0v) is 16.4. The lowest BCUT2D eigenvalue weighted by molar-refractivity contribution is -0.139. The number of piperidine rings is 1. The molecule has 2 atom stereocenters. The van der Waals surface area contributed by atoms with E-state index in [1.807, 2.05) is 6.92 Å². The van der Waals surface area contributed by atoms with Crippen LogP contribution in [0.3, 0.4) is 0 Å². The van der Waals surface area contributed by atoms with E-state index < -0.39 is 29.7 Å². The summed E-state index contributed by atoms with van der Waals surface area (Å²) in [7, 11) is 0. The van der Waals surface area contributed by atoms with Crippen molar-refractivity contribution < 1.29 is 29.2 Å². The molecule has 0 unspecified atom stereocenters. The smallest absolute Gasteiger partial charge is 0.410 e. The Morgan fingerprint density at radius 3 is 2.63 bits per heavy atom. The van der Waals surface area contributed by atoms with E-state index in [1.54, 1.807) is 20.8 Å². The average molecular weight is 386 g/mol. The summed E-state index contributed by atoms with van der Waals surface area (Å²) in [5.74, 6) is -0.434. The summed E-state index contributed by atoms with van der Waals surface area (Å²) >= 11 is 0. The Morgan fingerprint density at radius 2 is 2.00 bits per heavy atom.